The van der Waals surface area contributed by atoms with Crippen LogP contribution in [-0.2, 0) is 13.1 Å². The molecule has 2 amide bonds. The average molecular weight is 387 g/mol. The summed E-state index contributed by atoms with van der Waals surface area (Å²) in [4.78, 5) is 12.3. The molecular weight excluding hydrogens is 362 g/mol. The Labute approximate surface area is 171 Å². The van der Waals surface area contributed by atoms with Crippen molar-refractivity contribution in [1.29, 1.82) is 5.26 Å². The summed E-state index contributed by atoms with van der Waals surface area (Å²) < 4.78 is 1.97. The van der Waals surface area contributed by atoms with E-state index >= 15 is 0 Å². The molecule has 0 aliphatic carbocycles. The number of amides is 2. The van der Waals surface area contributed by atoms with E-state index in [0.29, 0.717) is 18.7 Å². The van der Waals surface area contributed by atoms with Crippen LogP contribution >= 0.6 is 0 Å². The van der Waals surface area contributed by atoms with E-state index in [0.717, 1.165) is 22.5 Å². The second kappa shape index (κ2) is 9.07. The largest absolute Gasteiger partial charge is 0.334 e. The van der Waals surface area contributed by atoms with Gasteiger partial charge in [-0.1, -0.05) is 42.5 Å². The summed E-state index contributed by atoms with van der Waals surface area (Å²) in [6.07, 6.45) is 0. The quantitative estimate of drug-likeness (QED) is 0.671. The lowest BCUT2D eigenvalue weighted by atomic mass is 10.1. The number of carbonyl (C=O) groups is 1. The highest BCUT2D eigenvalue weighted by molar-refractivity contribution is 5.74. The second-order valence-corrected chi connectivity index (χ2v) is 7.08. The fourth-order valence-electron chi connectivity index (χ4n) is 3.25. The maximum Gasteiger partial charge on any atom is 0.315 e. The Bertz CT molecular complexity index is 1020. The van der Waals surface area contributed by atoms with Crippen molar-refractivity contribution in [3.8, 4) is 6.07 Å². The van der Waals surface area contributed by atoms with Crippen LogP contribution in [-0.4, -0.2) is 15.8 Å². The van der Waals surface area contributed by atoms with Crippen molar-refractivity contribution in [2.45, 2.75) is 39.9 Å². The van der Waals surface area contributed by atoms with Gasteiger partial charge < -0.3 is 10.6 Å². The zero-order chi connectivity index (χ0) is 20.8. The maximum atomic E-state index is 12.3. The fraction of sp³-hybridized carbons (Fsp3) is 0.261. The van der Waals surface area contributed by atoms with E-state index in [1.54, 1.807) is 12.1 Å². The molecule has 1 aromatic heterocycles. The molecule has 0 saturated carbocycles. The molecule has 0 saturated heterocycles. The molecular formula is C23H25N5O. The lowest BCUT2D eigenvalue weighted by Crippen LogP contribution is -2.36. The van der Waals surface area contributed by atoms with Crippen molar-refractivity contribution < 1.29 is 4.79 Å². The van der Waals surface area contributed by atoms with E-state index in [1.165, 1.54) is 5.56 Å². The van der Waals surface area contributed by atoms with E-state index < -0.39 is 0 Å². The average Bonchev–Trinajstić information content (AvgIpc) is 2.99. The van der Waals surface area contributed by atoms with Crippen molar-refractivity contribution in [2.24, 2.45) is 0 Å². The van der Waals surface area contributed by atoms with E-state index in [-0.39, 0.29) is 12.1 Å². The fourth-order valence-corrected chi connectivity index (χ4v) is 3.25. The summed E-state index contributed by atoms with van der Waals surface area (Å²) in [5.41, 5.74) is 5.73. The molecule has 2 N–H and O–H groups in total. The number of nitrogens with one attached hydrogen (secondary N) is 2. The van der Waals surface area contributed by atoms with Crippen molar-refractivity contribution in [3.05, 3.63) is 88.2 Å². The summed E-state index contributed by atoms with van der Waals surface area (Å²) in [6, 6.07) is 19.1. The number of nitriles is 1. The number of hydrogen-bond acceptors (Lipinski definition) is 3. The maximum absolute atomic E-state index is 12.3. The van der Waals surface area contributed by atoms with Gasteiger partial charge in [-0.15, -0.1) is 0 Å². The topological polar surface area (TPSA) is 82.7 Å². The van der Waals surface area contributed by atoms with Crippen molar-refractivity contribution in [3.63, 3.8) is 0 Å². The van der Waals surface area contributed by atoms with Crippen LogP contribution in [0.3, 0.4) is 0 Å². The summed E-state index contributed by atoms with van der Waals surface area (Å²) in [5.74, 6) is 0. The monoisotopic (exact) mass is 387 g/mol. The predicted molar refractivity (Wildman–Crippen MR) is 112 cm³/mol. The number of hydrogen-bond donors (Lipinski definition) is 2. The number of carbonyl (C=O) groups excluding carboxylic acids is 1. The first-order valence-corrected chi connectivity index (χ1v) is 9.59. The first-order chi connectivity index (χ1) is 14.0. The van der Waals surface area contributed by atoms with E-state index in [2.05, 4.69) is 33.9 Å². The smallest absolute Gasteiger partial charge is 0.315 e. The predicted octanol–water partition coefficient (Wildman–Crippen LogP) is 3.98. The number of aromatic nitrogens is 2. The third-order valence-electron chi connectivity index (χ3n) is 5.02. The van der Waals surface area contributed by atoms with Gasteiger partial charge in [0.05, 0.1) is 29.9 Å². The van der Waals surface area contributed by atoms with E-state index in [9.17, 15) is 4.79 Å². The number of rotatable bonds is 6. The molecule has 148 valence electrons. The molecule has 0 radical (unpaired) electrons. The third-order valence-corrected chi connectivity index (χ3v) is 5.02. The first-order valence-electron chi connectivity index (χ1n) is 9.59. The summed E-state index contributed by atoms with van der Waals surface area (Å²) in [5, 5.41) is 19.4. The molecule has 1 unspecified atom stereocenters. The number of aryl methyl sites for hydroxylation is 1. The minimum Gasteiger partial charge on any atom is -0.334 e. The first kappa shape index (κ1) is 20.2. The van der Waals surface area contributed by atoms with Gasteiger partial charge in [0, 0.05) is 17.8 Å². The molecule has 0 aliphatic heterocycles. The minimum absolute atomic E-state index is 0.161. The standard InChI is InChI=1S/C23H25N5O/c1-16(21-11-9-19(13-24)10-12-21)26-23(29)25-14-22-17(2)27-28(18(22)3)15-20-7-5-4-6-8-20/h4-12,16H,14-15H2,1-3H3,(H2,25,26,29). The molecule has 29 heavy (non-hydrogen) atoms. The van der Waals surface area contributed by atoms with Crippen LogP contribution < -0.4 is 10.6 Å². The van der Waals surface area contributed by atoms with Crippen LogP contribution in [0, 0.1) is 25.2 Å². The van der Waals surface area contributed by atoms with Crippen LogP contribution in [0.4, 0.5) is 4.79 Å². The van der Waals surface area contributed by atoms with Gasteiger partial charge in [0.15, 0.2) is 0 Å². The molecule has 1 atom stereocenters. The highest BCUT2D eigenvalue weighted by Crippen LogP contribution is 2.16. The Morgan fingerprint density at radius 2 is 1.83 bits per heavy atom. The minimum atomic E-state index is -0.239. The highest BCUT2D eigenvalue weighted by atomic mass is 16.2. The van der Waals surface area contributed by atoms with Crippen molar-refractivity contribution in [2.75, 3.05) is 0 Å². The van der Waals surface area contributed by atoms with Gasteiger partial charge in [0.2, 0.25) is 0 Å². The molecule has 3 rings (SSSR count). The van der Waals surface area contributed by atoms with E-state index in [4.69, 9.17) is 5.26 Å². The number of urea groups is 1. The van der Waals surface area contributed by atoms with Gasteiger partial charge in [-0.3, -0.25) is 4.68 Å². The van der Waals surface area contributed by atoms with Gasteiger partial charge >= 0.3 is 6.03 Å². The Kier molecular flexibility index (Phi) is 6.30. The zero-order valence-corrected chi connectivity index (χ0v) is 16.9. The molecule has 0 aliphatic rings. The van der Waals surface area contributed by atoms with Gasteiger partial charge in [-0.05, 0) is 44.0 Å². The van der Waals surface area contributed by atoms with Crippen molar-refractivity contribution >= 4 is 6.03 Å². The van der Waals surface area contributed by atoms with Gasteiger partial charge in [-0.2, -0.15) is 10.4 Å². The Morgan fingerprint density at radius 1 is 1.14 bits per heavy atom. The van der Waals surface area contributed by atoms with Crippen LogP contribution in [0.15, 0.2) is 54.6 Å². The molecule has 1 heterocycles. The van der Waals surface area contributed by atoms with Crippen LogP contribution in [0.2, 0.25) is 0 Å². The Morgan fingerprint density at radius 3 is 2.48 bits per heavy atom. The third kappa shape index (κ3) is 5.02. The number of nitrogens with zero attached hydrogens (tertiary/aromatic N) is 3. The SMILES string of the molecule is Cc1nn(Cc2ccccc2)c(C)c1CNC(=O)NC(C)c1ccc(C#N)cc1. The van der Waals surface area contributed by atoms with Gasteiger partial charge in [-0.25, -0.2) is 4.79 Å². The summed E-state index contributed by atoms with van der Waals surface area (Å²) in [7, 11) is 0. The Hall–Kier alpha value is -3.59. The number of benzene rings is 2. The normalized spacial score (nSPS) is 11.5. The summed E-state index contributed by atoms with van der Waals surface area (Å²) in [6.45, 7) is 7.02. The van der Waals surface area contributed by atoms with Crippen LogP contribution in [0.5, 0.6) is 0 Å². The summed E-state index contributed by atoms with van der Waals surface area (Å²) >= 11 is 0. The molecule has 6 nitrogen and oxygen atoms in total. The van der Waals surface area contributed by atoms with Crippen LogP contribution in [0.1, 0.15) is 46.6 Å². The molecule has 2 aromatic carbocycles. The Balaban J connectivity index is 1.59. The van der Waals surface area contributed by atoms with Crippen molar-refractivity contribution in [1.82, 2.24) is 20.4 Å². The molecule has 0 fully saturated rings. The molecule has 0 spiro atoms. The molecule has 6 heteroatoms. The second-order valence-electron chi connectivity index (χ2n) is 7.08. The molecule has 3 aromatic rings. The van der Waals surface area contributed by atoms with E-state index in [1.807, 2.05) is 55.8 Å². The van der Waals surface area contributed by atoms with Gasteiger partial charge in [0.25, 0.3) is 0 Å². The zero-order valence-electron chi connectivity index (χ0n) is 16.9. The molecule has 0 bridgehead atoms. The lowest BCUT2D eigenvalue weighted by Gasteiger charge is -2.15. The van der Waals surface area contributed by atoms with Gasteiger partial charge in [0.1, 0.15) is 0 Å². The highest BCUT2D eigenvalue weighted by Gasteiger charge is 2.14. The lowest BCUT2D eigenvalue weighted by molar-refractivity contribution is 0.237. The van der Waals surface area contributed by atoms with Crippen LogP contribution in [0.25, 0.3) is 0 Å².